The van der Waals surface area contributed by atoms with Gasteiger partial charge in [-0.1, -0.05) is 29.8 Å². The quantitative estimate of drug-likeness (QED) is 0.836. The molecule has 4 aliphatic rings. The van der Waals surface area contributed by atoms with Gasteiger partial charge in [0.25, 0.3) is 0 Å². The third-order valence-corrected chi connectivity index (χ3v) is 6.09. The maximum absolute atomic E-state index is 12.4. The summed E-state index contributed by atoms with van der Waals surface area (Å²) in [5.74, 6) is 1.31. The predicted octanol–water partition coefficient (Wildman–Crippen LogP) is 3.59. The third-order valence-electron chi connectivity index (χ3n) is 6.09. The number of hydrogen-bond acceptors (Lipinski definition) is 3. The molecular weight excluding hydrogens is 300 g/mol. The number of ether oxygens (including phenoxy) is 1. The van der Waals surface area contributed by atoms with Crippen molar-refractivity contribution in [3.63, 3.8) is 0 Å². The fraction of sp³-hybridized carbons (Fsp3) is 0.429. The van der Waals surface area contributed by atoms with Crippen LogP contribution < -0.4 is 0 Å². The molecule has 3 nitrogen and oxygen atoms in total. The Labute approximate surface area is 141 Å². The van der Waals surface area contributed by atoms with Crippen LogP contribution in [0.3, 0.4) is 0 Å². The van der Waals surface area contributed by atoms with Gasteiger partial charge in [-0.2, -0.15) is 0 Å². The summed E-state index contributed by atoms with van der Waals surface area (Å²) in [5.41, 5.74) is 6.36. The number of Topliss-reactive ketones (excluding diaryl/α,β-unsaturated/α-hetero) is 2. The summed E-state index contributed by atoms with van der Waals surface area (Å²) < 4.78 is 5.52. The first-order chi connectivity index (χ1) is 11.7. The molecular formula is C21H20O3. The van der Waals surface area contributed by atoms with E-state index in [4.69, 9.17) is 4.74 Å². The minimum absolute atomic E-state index is 0.237. The van der Waals surface area contributed by atoms with Gasteiger partial charge >= 0.3 is 0 Å². The average Bonchev–Trinajstić information content (AvgIpc) is 3.29. The summed E-state index contributed by atoms with van der Waals surface area (Å²) in [7, 11) is 0. The normalized spacial score (nSPS) is 29.0. The Morgan fingerprint density at radius 3 is 2.17 bits per heavy atom. The molecule has 2 atom stereocenters. The second-order valence-electron chi connectivity index (χ2n) is 7.43. The molecule has 0 radical (unpaired) electrons. The van der Waals surface area contributed by atoms with Crippen LogP contribution in [0, 0.1) is 11.8 Å². The van der Waals surface area contributed by atoms with Gasteiger partial charge in [0.05, 0.1) is 13.2 Å². The van der Waals surface area contributed by atoms with Crippen molar-refractivity contribution in [2.24, 2.45) is 11.8 Å². The molecule has 1 heterocycles. The molecule has 0 spiro atoms. The second-order valence-corrected chi connectivity index (χ2v) is 7.43. The molecule has 0 amide bonds. The fourth-order valence-electron chi connectivity index (χ4n) is 4.97. The fourth-order valence-corrected chi connectivity index (χ4v) is 4.97. The highest BCUT2D eigenvalue weighted by molar-refractivity contribution is 6.25. The van der Waals surface area contributed by atoms with Crippen LogP contribution in [-0.4, -0.2) is 24.8 Å². The topological polar surface area (TPSA) is 43.4 Å². The lowest BCUT2D eigenvalue weighted by Crippen LogP contribution is -2.02. The minimum atomic E-state index is 0.237. The van der Waals surface area contributed by atoms with Crippen LogP contribution in [-0.2, 0) is 14.3 Å². The van der Waals surface area contributed by atoms with Crippen molar-refractivity contribution >= 4 is 22.7 Å². The van der Waals surface area contributed by atoms with Crippen molar-refractivity contribution in [2.75, 3.05) is 13.2 Å². The Morgan fingerprint density at radius 1 is 0.833 bits per heavy atom. The number of hydrogen-bond donors (Lipinski definition) is 0. The SMILES string of the molecule is O=C1C[C@H]2CCCC2=C1c1ccc(C2=C3COC[C@@H]3CC2=O)cc1. The molecule has 1 aromatic rings. The Bertz CT molecular complexity index is 741. The Balaban J connectivity index is 1.53. The van der Waals surface area contributed by atoms with E-state index in [9.17, 15) is 9.59 Å². The van der Waals surface area contributed by atoms with E-state index < -0.39 is 0 Å². The first kappa shape index (κ1) is 14.4. The van der Waals surface area contributed by atoms with Gasteiger partial charge in [0.1, 0.15) is 0 Å². The zero-order chi connectivity index (χ0) is 16.3. The van der Waals surface area contributed by atoms with Gasteiger partial charge in [-0.15, -0.1) is 0 Å². The van der Waals surface area contributed by atoms with Gasteiger partial charge in [0.2, 0.25) is 0 Å². The molecule has 1 saturated heterocycles. The van der Waals surface area contributed by atoms with E-state index in [1.54, 1.807) is 0 Å². The molecule has 0 bridgehead atoms. The Morgan fingerprint density at radius 2 is 1.46 bits per heavy atom. The van der Waals surface area contributed by atoms with E-state index in [1.807, 2.05) is 24.3 Å². The van der Waals surface area contributed by atoms with Crippen LogP contribution in [0.2, 0.25) is 0 Å². The average molecular weight is 320 g/mol. The highest BCUT2D eigenvalue weighted by Crippen LogP contribution is 2.45. The second kappa shape index (κ2) is 5.25. The van der Waals surface area contributed by atoms with Crippen molar-refractivity contribution in [1.82, 2.24) is 0 Å². The lowest BCUT2D eigenvalue weighted by Gasteiger charge is -2.08. The summed E-state index contributed by atoms with van der Waals surface area (Å²) >= 11 is 0. The molecule has 0 unspecified atom stereocenters. The first-order valence-corrected chi connectivity index (χ1v) is 8.93. The molecule has 122 valence electrons. The molecule has 0 N–H and O–H groups in total. The molecule has 24 heavy (non-hydrogen) atoms. The van der Waals surface area contributed by atoms with Crippen molar-refractivity contribution < 1.29 is 14.3 Å². The van der Waals surface area contributed by atoms with Crippen LogP contribution in [0.15, 0.2) is 35.4 Å². The lowest BCUT2D eigenvalue weighted by molar-refractivity contribution is -0.114. The zero-order valence-electron chi connectivity index (χ0n) is 13.6. The number of allylic oxidation sites excluding steroid dienone is 3. The number of rotatable bonds is 2. The number of carbonyl (C=O) groups excluding carboxylic acids is 2. The summed E-state index contributed by atoms with van der Waals surface area (Å²) in [6.07, 6.45) is 4.72. The lowest BCUT2D eigenvalue weighted by atomic mass is 9.95. The third kappa shape index (κ3) is 2.01. The molecule has 0 aromatic heterocycles. The number of carbonyl (C=O) groups is 2. The van der Waals surface area contributed by atoms with E-state index in [2.05, 4.69) is 0 Å². The van der Waals surface area contributed by atoms with Crippen LogP contribution in [0.4, 0.5) is 0 Å². The van der Waals surface area contributed by atoms with Crippen LogP contribution in [0.25, 0.3) is 11.1 Å². The van der Waals surface area contributed by atoms with E-state index >= 15 is 0 Å². The highest BCUT2D eigenvalue weighted by atomic mass is 16.5. The van der Waals surface area contributed by atoms with Crippen molar-refractivity contribution in [1.29, 1.82) is 0 Å². The molecule has 1 aromatic carbocycles. The summed E-state index contributed by atoms with van der Waals surface area (Å²) in [4.78, 5) is 24.7. The van der Waals surface area contributed by atoms with Gasteiger partial charge in [0, 0.05) is 29.9 Å². The maximum atomic E-state index is 12.4. The van der Waals surface area contributed by atoms with Crippen LogP contribution in [0.1, 0.15) is 43.2 Å². The Hall–Kier alpha value is -2.00. The maximum Gasteiger partial charge on any atom is 0.164 e. The monoisotopic (exact) mass is 320 g/mol. The largest absolute Gasteiger partial charge is 0.376 e. The van der Waals surface area contributed by atoms with Crippen LogP contribution in [0.5, 0.6) is 0 Å². The summed E-state index contributed by atoms with van der Waals surface area (Å²) in [6.45, 7) is 1.26. The van der Waals surface area contributed by atoms with Crippen molar-refractivity contribution in [2.45, 2.75) is 32.1 Å². The highest BCUT2D eigenvalue weighted by Gasteiger charge is 2.37. The summed E-state index contributed by atoms with van der Waals surface area (Å²) in [6, 6.07) is 8.08. The molecule has 2 fully saturated rings. The smallest absolute Gasteiger partial charge is 0.164 e. The predicted molar refractivity (Wildman–Crippen MR) is 91.2 cm³/mol. The number of ketones is 2. The van der Waals surface area contributed by atoms with Gasteiger partial charge in [-0.3, -0.25) is 9.59 Å². The van der Waals surface area contributed by atoms with Crippen LogP contribution >= 0.6 is 0 Å². The number of benzene rings is 1. The van der Waals surface area contributed by atoms with E-state index in [0.29, 0.717) is 37.8 Å². The molecule has 1 saturated carbocycles. The van der Waals surface area contributed by atoms with E-state index in [-0.39, 0.29) is 11.7 Å². The van der Waals surface area contributed by atoms with E-state index in [0.717, 1.165) is 35.1 Å². The van der Waals surface area contributed by atoms with Gasteiger partial charge in [-0.05, 0) is 41.9 Å². The Kier molecular flexibility index (Phi) is 3.14. The minimum Gasteiger partial charge on any atom is -0.376 e. The van der Waals surface area contributed by atoms with Gasteiger partial charge in [0.15, 0.2) is 11.6 Å². The van der Waals surface area contributed by atoms with Gasteiger partial charge in [-0.25, -0.2) is 0 Å². The van der Waals surface area contributed by atoms with Crippen molar-refractivity contribution in [3.8, 4) is 0 Å². The standard InChI is InChI=1S/C21H20O3/c22-18-8-14-2-1-3-16(14)20(18)12-4-6-13(7-5-12)21-17-11-24-10-15(17)9-19(21)23/h4-7,14-15H,1-3,8-11H2/t14-,15+/m1/s1. The molecule has 3 aliphatic carbocycles. The zero-order valence-corrected chi connectivity index (χ0v) is 13.6. The first-order valence-electron chi connectivity index (χ1n) is 8.93. The number of fused-ring (bicyclic) bond motifs is 2. The van der Waals surface area contributed by atoms with Crippen molar-refractivity contribution in [3.05, 3.63) is 46.5 Å². The molecule has 3 heteroatoms. The molecule has 5 rings (SSSR count). The summed E-state index contributed by atoms with van der Waals surface area (Å²) in [5, 5.41) is 0. The van der Waals surface area contributed by atoms with E-state index in [1.165, 1.54) is 17.6 Å². The van der Waals surface area contributed by atoms with Gasteiger partial charge < -0.3 is 4.74 Å². The molecule has 1 aliphatic heterocycles.